The number of rotatable bonds is 6. The lowest BCUT2D eigenvalue weighted by atomic mass is 10.1. The van der Waals surface area contributed by atoms with E-state index in [-0.39, 0.29) is 17.9 Å². The van der Waals surface area contributed by atoms with E-state index in [2.05, 4.69) is 16.8 Å². The lowest BCUT2D eigenvalue weighted by Gasteiger charge is -2.34. The predicted octanol–water partition coefficient (Wildman–Crippen LogP) is 2.91. The van der Waals surface area contributed by atoms with Gasteiger partial charge in [-0.05, 0) is 38.1 Å². The topological polar surface area (TPSA) is 56.8 Å². The van der Waals surface area contributed by atoms with Gasteiger partial charge in [0.2, 0.25) is 0 Å². The predicted molar refractivity (Wildman–Crippen MR) is 114 cm³/mol. The van der Waals surface area contributed by atoms with Crippen molar-refractivity contribution in [2.75, 3.05) is 32.7 Å². The van der Waals surface area contributed by atoms with E-state index < -0.39 is 0 Å². The summed E-state index contributed by atoms with van der Waals surface area (Å²) in [6.07, 6.45) is 1.56. The quantitative estimate of drug-likeness (QED) is 0.756. The Morgan fingerprint density at radius 3 is 2.38 bits per heavy atom. The molecule has 1 saturated heterocycles. The molecule has 0 bridgehead atoms. The molecule has 2 amide bonds. The van der Waals surface area contributed by atoms with Gasteiger partial charge in [-0.3, -0.25) is 14.6 Å². The number of aromatic nitrogens is 1. The zero-order valence-electron chi connectivity index (χ0n) is 17.5. The first-order chi connectivity index (χ1) is 14.0. The number of carbonyl (C=O) groups excluding carboxylic acids is 2. The van der Waals surface area contributed by atoms with E-state index in [0.717, 1.165) is 25.2 Å². The second kappa shape index (κ2) is 9.65. The van der Waals surface area contributed by atoms with E-state index in [9.17, 15) is 9.59 Å². The summed E-state index contributed by atoms with van der Waals surface area (Å²) >= 11 is 0. The van der Waals surface area contributed by atoms with E-state index in [1.807, 2.05) is 49.1 Å². The first-order valence-corrected chi connectivity index (χ1v) is 10.3. The average Bonchev–Trinajstić information content (AvgIpc) is 2.77. The van der Waals surface area contributed by atoms with Gasteiger partial charge in [-0.1, -0.05) is 37.3 Å². The van der Waals surface area contributed by atoms with Crippen LogP contribution in [-0.4, -0.2) is 70.3 Å². The molecule has 0 unspecified atom stereocenters. The van der Waals surface area contributed by atoms with Crippen LogP contribution in [0.2, 0.25) is 0 Å². The minimum absolute atomic E-state index is 0.0194. The second-order valence-electron chi connectivity index (χ2n) is 7.67. The Balaban J connectivity index is 1.75. The van der Waals surface area contributed by atoms with Crippen LogP contribution in [0.25, 0.3) is 0 Å². The third-order valence-electron chi connectivity index (χ3n) is 5.41. The smallest absolute Gasteiger partial charge is 0.272 e. The van der Waals surface area contributed by atoms with Crippen LogP contribution in [-0.2, 0) is 6.54 Å². The van der Waals surface area contributed by atoms with Crippen molar-refractivity contribution >= 4 is 11.8 Å². The number of hydrogen-bond donors (Lipinski definition) is 0. The van der Waals surface area contributed by atoms with Crippen LogP contribution < -0.4 is 0 Å². The fourth-order valence-corrected chi connectivity index (χ4v) is 3.55. The molecule has 0 saturated carbocycles. The van der Waals surface area contributed by atoms with Crippen molar-refractivity contribution in [1.82, 2.24) is 19.7 Å². The molecule has 1 fully saturated rings. The van der Waals surface area contributed by atoms with Crippen LogP contribution in [0.3, 0.4) is 0 Å². The summed E-state index contributed by atoms with van der Waals surface area (Å²) in [6.45, 7) is 10.8. The van der Waals surface area contributed by atoms with Crippen molar-refractivity contribution in [2.45, 2.75) is 33.4 Å². The number of likely N-dealkylation sites (N-methyl/N-ethyl adjacent to an activating group) is 1. The van der Waals surface area contributed by atoms with Crippen molar-refractivity contribution < 1.29 is 9.59 Å². The fourth-order valence-electron chi connectivity index (χ4n) is 3.55. The molecule has 1 aliphatic heterocycles. The molecule has 6 heteroatoms. The summed E-state index contributed by atoms with van der Waals surface area (Å²) in [7, 11) is 0. The van der Waals surface area contributed by atoms with E-state index in [1.165, 1.54) is 0 Å². The van der Waals surface area contributed by atoms with Gasteiger partial charge in [-0.2, -0.15) is 0 Å². The standard InChI is InChI=1S/C23H30N4O2/c1-4-25-12-14-26(15-13-25)22(28)20-10-11-24-21(16-20)23(29)27(18(2)3)17-19-8-6-5-7-9-19/h5-11,16,18H,4,12-15,17H2,1-3H3. The maximum Gasteiger partial charge on any atom is 0.272 e. The summed E-state index contributed by atoms with van der Waals surface area (Å²) in [5, 5.41) is 0. The molecule has 0 N–H and O–H groups in total. The van der Waals surface area contributed by atoms with Gasteiger partial charge in [0.25, 0.3) is 11.8 Å². The van der Waals surface area contributed by atoms with Gasteiger partial charge in [0.1, 0.15) is 5.69 Å². The maximum atomic E-state index is 13.2. The SMILES string of the molecule is CCN1CCN(C(=O)c2ccnc(C(=O)N(Cc3ccccc3)C(C)C)c2)CC1. The van der Waals surface area contributed by atoms with Gasteiger partial charge >= 0.3 is 0 Å². The molecular weight excluding hydrogens is 364 g/mol. The van der Waals surface area contributed by atoms with Gasteiger partial charge in [0.15, 0.2) is 0 Å². The van der Waals surface area contributed by atoms with Crippen molar-refractivity contribution in [1.29, 1.82) is 0 Å². The van der Waals surface area contributed by atoms with Crippen LogP contribution in [0.15, 0.2) is 48.7 Å². The number of hydrogen-bond acceptors (Lipinski definition) is 4. The van der Waals surface area contributed by atoms with Crippen molar-refractivity contribution in [3.8, 4) is 0 Å². The van der Waals surface area contributed by atoms with E-state index in [4.69, 9.17) is 0 Å². The monoisotopic (exact) mass is 394 g/mol. The minimum atomic E-state index is -0.158. The van der Waals surface area contributed by atoms with Crippen LogP contribution in [0.4, 0.5) is 0 Å². The zero-order chi connectivity index (χ0) is 20.8. The van der Waals surface area contributed by atoms with E-state index >= 15 is 0 Å². The molecule has 29 heavy (non-hydrogen) atoms. The highest BCUT2D eigenvalue weighted by Crippen LogP contribution is 2.15. The largest absolute Gasteiger partial charge is 0.336 e. The Bertz CT molecular complexity index is 830. The van der Waals surface area contributed by atoms with Crippen molar-refractivity contribution in [3.63, 3.8) is 0 Å². The number of pyridine rings is 1. The Hall–Kier alpha value is -2.73. The Labute approximate surface area is 173 Å². The molecule has 2 aromatic rings. The second-order valence-corrected chi connectivity index (χ2v) is 7.67. The van der Waals surface area contributed by atoms with Gasteiger partial charge in [-0.25, -0.2) is 0 Å². The molecule has 0 radical (unpaired) electrons. The summed E-state index contributed by atoms with van der Waals surface area (Å²) in [4.78, 5) is 36.3. The van der Waals surface area contributed by atoms with Crippen LogP contribution >= 0.6 is 0 Å². The van der Waals surface area contributed by atoms with Gasteiger partial charge in [-0.15, -0.1) is 0 Å². The number of nitrogens with zero attached hydrogens (tertiary/aromatic N) is 4. The number of amides is 2. The van der Waals surface area contributed by atoms with Crippen molar-refractivity contribution in [2.24, 2.45) is 0 Å². The highest BCUT2D eigenvalue weighted by atomic mass is 16.2. The van der Waals surface area contributed by atoms with Crippen LogP contribution in [0.5, 0.6) is 0 Å². The van der Waals surface area contributed by atoms with Crippen molar-refractivity contribution in [3.05, 3.63) is 65.5 Å². The zero-order valence-corrected chi connectivity index (χ0v) is 17.5. The molecule has 6 nitrogen and oxygen atoms in total. The summed E-state index contributed by atoms with van der Waals surface area (Å²) in [5.41, 5.74) is 1.90. The fraction of sp³-hybridized carbons (Fsp3) is 0.435. The first kappa shape index (κ1) is 21.0. The maximum absolute atomic E-state index is 13.2. The molecular formula is C23H30N4O2. The van der Waals surface area contributed by atoms with Gasteiger partial charge in [0, 0.05) is 50.5 Å². The summed E-state index contributed by atoms with van der Waals surface area (Å²) < 4.78 is 0. The molecule has 0 aliphatic carbocycles. The molecule has 0 spiro atoms. The Morgan fingerprint density at radius 2 is 1.76 bits per heavy atom. The highest BCUT2D eigenvalue weighted by Gasteiger charge is 2.24. The molecule has 1 aliphatic rings. The minimum Gasteiger partial charge on any atom is -0.336 e. The third kappa shape index (κ3) is 5.21. The third-order valence-corrected chi connectivity index (χ3v) is 5.41. The van der Waals surface area contributed by atoms with Crippen LogP contribution in [0.1, 0.15) is 47.2 Å². The molecule has 0 atom stereocenters. The number of carbonyl (C=O) groups is 2. The van der Waals surface area contributed by atoms with Crippen LogP contribution in [0, 0.1) is 0 Å². The Morgan fingerprint density at radius 1 is 1.07 bits per heavy atom. The van der Waals surface area contributed by atoms with Gasteiger partial charge < -0.3 is 14.7 Å². The number of piperazine rings is 1. The lowest BCUT2D eigenvalue weighted by molar-refractivity contribution is 0.0643. The lowest BCUT2D eigenvalue weighted by Crippen LogP contribution is -2.48. The summed E-state index contributed by atoms with van der Waals surface area (Å²) in [5.74, 6) is -0.189. The summed E-state index contributed by atoms with van der Waals surface area (Å²) in [6, 6.07) is 13.3. The number of benzene rings is 1. The Kier molecular flexibility index (Phi) is 6.99. The van der Waals surface area contributed by atoms with E-state index in [1.54, 1.807) is 23.2 Å². The molecule has 154 valence electrons. The molecule has 3 rings (SSSR count). The molecule has 2 heterocycles. The van der Waals surface area contributed by atoms with E-state index in [0.29, 0.717) is 30.9 Å². The highest BCUT2D eigenvalue weighted by molar-refractivity contribution is 5.98. The normalized spacial score (nSPS) is 14.8. The molecule has 1 aromatic carbocycles. The average molecular weight is 395 g/mol. The molecule has 1 aromatic heterocycles. The first-order valence-electron chi connectivity index (χ1n) is 10.3. The van der Waals surface area contributed by atoms with Gasteiger partial charge in [0.05, 0.1) is 0 Å².